The van der Waals surface area contributed by atoms with Crippen LogP contribution >= 0.6 is 11.6 Å². The molecule has 0 radical (unpaired) electrons. The molecule has 23 heavy (non-hydrogen) atoms. The lowest BCUT2D eigenvalue weighted by atomic mass is 9.90. The number of ether oxygens (including phenoxy) is 1. The number of benzene rings is 2. The second kappa shape index (κ2) is 6.55. The molecule has 0 bridgehead atoms. The Bertz CT molecular complexity index is 734. The summed E-state index contributed by atoms with van der Waals surface area (Å²) < 4.78 is 5.82. The Kier molecular flexibility index (Phi) is 4.49. The Labute approximate surface area is 140 Å². The number of halogens is 1. The Morgan fingerprint density at radius 1 is 1.00 bits per heavy atom. The van der Waals surface area contributed by atoms with Crippen LogP contribution in [0.4, 0.5) is 0 Å². The third-order valence-electron chi connectivity index (χ3n) is 4.12. The van der Waals surface area contributed by atoms with Crippen LogP contribution in [0.3, 0.4) is 0 Å². The first-order chi connectivity index (χ1) is 11.1. The van der Waals surface area contributed by atoms with E-state index in [1.807, 2.05) is 25.1 Å². The highest BCUT2D eigenvalue weighted by molar-refractivity contribution is 6.30. The molecule has 3 rings (SSSR count). The molecular weight excluding hydrogens is 312 g/mol. The Morgan fingerprint density at radius 2 is 1.61 bits per heavy atom. The summed E-state index contributed by atoms with van der Waals surface area (Å²) in [5.74, 6) is 0.838. The quantitative estimate of drug-likeness (QED) is 0.763. The standard InChI is InChI=1S/C19H17ClO3/c1-2-12-11-15(23-14-5-3-13(20)4-6-14)7-8-16(12)19-17(21)9-10-18(19)22/h3-8,11,19H,2,9-10H2,1H3. The molecule has 0 unspecified atom stereocenters. The number of hydrogen-bond acceptors (Lipinski definition) is 3. The topological polar surface area (TPSA) is 43.4 Å². The minimum absolute atomic E-state index is 0.0241. The summed E-state index contributed by atoms with van der Waals surface area (Å²) in [6.45, 7) is 2.01. The largest absolute Gasteiger partial charge is 0.457 e. The molecule has 0 amide bonds. The van der Waals surface area contributed by atoms with Gasteiger partial charge in [0.05, 0.1) is 0 Å². The van der Waals surface area contributed by atoms with E-state index in [4.69, 9.17) is 16.3 Å². The Balaban J connectivity index is 1.89. The van der Waals surface area contributed by atoms with E-state index in [9.17, 15) is 9.59 Å². The number of carbonyl (C=O) groups is 2. The van der Waals surface area contributed by atoms with Gasteiger partial charge in [-0.3, -0.25) is 9.59 Å². The van der Waals surface area contributed by atoms with Crippen LogP contribution in [0.15, 0.2) is 42.5 Å². The molecule has 2 aromatic carbocycles. The van der Waals surface area contributed by atoms with E-state index in [2.05, 4.69) is 0 Å². The van der Waals surface area contributed by atoms with E-state index in [0.717, 1.165) is 17.5 Å². The third-order valence-corrected chi connectivity index (χ3v) is 4.37. The van der Waals surface area contributed by atoms with Crippen LogP contribution in [-0.4, -0.2) is 11.6 Å². The summed E-state index contributed by atoms with van der Waals surface area (Å²) in [5.41, 5.74) is 1.80. The van der Waals surface area contributed by atoms with Gasteiger partial charge in [-0.15, -0.1) is 0 Å². The molecule has 1 fully saturated rings. The lowest BCUT2D eigenvalue weighted by Gasteiger charge is -2.15. The van der Waals surface area contributed by atoms with E-state index >= 15 is 0 Å². The van der Waals surface area contributed by atoms with Crippen molar-refractivity contribution in [1.29, 1.82) is 0 Å². The molecule has 0 N–H and O–H groups in total. The summed E-state index contributed by atoms with van der Waals surface area (Å²) in [4.78, 5) is 24.0. The summed E-state index contributed by atoms with van der Waals surface area (Å²) in [5, 5.41) is 0.653. The van der Waals surface area contributed by atoms with Gasteiger partial charge in [0.1, 0.15) is 29.0 Å². The summed E-state index contributed by atoms with van der Waals surface area (Å²) in [6, 6.07) is 12.7. The molecule has 4 heteroatoms. The van der Waals surface area contributed by atoms with Crippen molar-refractivity contribution in [2.75, 3.05) is 0 Å². The van der Waals surface area contributed by atoms with Crippen molar-refractivity contribution in [2.45, 2.75) is 32.1 Å². The van der Waals surface area contributed by atoms with E-state index < -0.39 is 5.92 Å². The first-order valence-corrected chi connectivity index (χ1v) is 8.08. The molecule has 0 saturated heterocycles. The number of carbonyl (C=O) groups excluding carboxylic acids is 2. The zero-order valence-electron chi connectivity index (χ0n) is 12.8. The number of Topliss-reactive ketones (excluding diaryl/α,β-unsaturated/α-hetero) is 2. The first kappa shape index (κ1) is 15.8. The fourth-order valence-corrected chi connectivity index (χ4v) is 3.06. The van der Waals surface area contributed by atoms with Gasteiger partial charge in [0.15, 0.2) is 0 Å². The van der Waals surface area contributed by atoms with E-state index in [-0.39, 0.29) is 11.6 Å². The monoisotopic (exact) mass is 328 g/mol. The second-order valence-electron chi connectivity index (χ2n) is 5.64. The van der Waals surface area contributed by atoms with Gasteiger partial charge >= 0.3 is 0 Å². The number of ketones is 2. The van der Waals surface area contributed by atoms with E-state index in [1.165, 1.54) is 0 Å². The zero-order chi connectivity index (χ0) is 16.4. The van der Waals surface area contributed by atoms with Gasteiger partial charge < -0.3 is 4.74 Å². The summed E-state index contributed by atoms with van der Waals surface area (Å²) in [7, 11) is 0. The van der Waals surface area contributed by atoms with Gasteiger partial charge in [0, 0.05) is 17.9 Å². The second-order valence-corrected chi connectivity index (χ2v) is 6.07. The molecule has 0 aromatic heterocycles. The SMILES string of the molecule is CCc1cc(Oc2ccc(Cl)cc2)ccc1C1C(=O)CCC1=O. The lowest BCUT2D eigenvalue weighted by Crippen LogP contribution is -2.14. The lowest BCUT2D eigenvalue weighted by molar-refractivity contribution is -0.123. The van der Waals surface area contributed by atoms with Crippen molar-refractivity contribution < 1.29 is 14.3 Å². The van der Waals surface area contributed by atoms with E-state index in [1.54, 1.807) is 24.3 Å². The highest BCUT2D eigenvalue weighted by atomic mass is 35.5. The van der Waals surface area contributed by atoms with Crippen LogP contribution in [0.25, 0.3) is 0 Å². The minimum atomic E-state index is -0.588. The van der Waals surface area contributed by atoms with Crippen molar-refractivity contribution in [1.82, 2.24) is 0 Å². The molecule has 1 aliphatic carbocycles. The third kappa shape index (κ3) is 3.30. The van der Waals surface area contributed by atoms with Crippen molar-refractivity contribution in [2.24, 2.45) is 0 Å². The van der Waals surface area contributed by atoms with Crippen molar-refractivity contribution >= 4 is 23.2 Å². The molecular formula is C19H17ClO3. The van der Waals surface area contributed by atoms with Crippen LogP contribution < -0.4 is 4.74 Å². The molecule has 1 saturated carbocycles. The van der Waals surface area contributed by atoms with E-state index in [0.29, 0.717) is 29.4 Å². The molecule has 2 aromatic rings. The Hall–Kier alpha value is -2.13. The van der Waals surface area contributed by atoms with Gasteiger partial charge in [-0.25, -0.2) is 0 Å². The fourth-order valence-electron chi connectivity index (χ4n) is 2.93. The van der Waals surface area contributed by atoms with Crippen molar-refractivity contribution in [3.05, 3.63) is 58.6 Å². The molecule has 0 atom stereocenters. The summed E-state index contributed by atoms with van der Waals surface area (Å²) in [6.07, 6.45) is 1.45. The maximum atomic E-state index is 12.0. The maximum Gasteiger partial charge on any atom is 0.148 e. The Morgan fingerprint density at radius 3 is 2.22 bits per heavy atom. The minimum Gasteiger partial charge on any atom is -0.457 e. The predicted molar refractivity (Wildman–Crippen MR) is 89.3 cm³/mol. The molecule has 0 heterocycles. The zero-order valence-corrected chi connectivity index (χ0v) is 13.6. The van der Waals surface area contributed by atoms with Crippen LogP contribution in [0, 0.1) is 0 Å². The average Bonchev–Trinajstić information content (AvgIpc) is 2.88. The number of aryl methyl sites for hydroxylation is 1. The normalized spacial score (nSPS) is 15.2. The molecule has 0 aliphatic heterocycles. The highest BCUT2D eigenvalue weighted by Crippen LogP contribution is 2.33. The van der Waals surface area contributed by atoms with Crippen molar-refractivity contribution in [3.63, 3.8) is 0 Å². The smallest absolute Gasteiger partial charge is 0.148 e. The molecule has 0 spiro atoms. The van der Waals surface area contributed by atoms with Crippen LogP contribution in [0.1, 0.15) is 36.8 Å². The number of hydrogen-bond donors (Lipinski definition) is 0. The summed E-state index contributed by atoms with van der Waals surface area (Å²) >= 11 is 5.86. The van der Waals surface area contributed by atoms with Gasteiger partial charge in [0.25, 0.3) is 0 Å². The van der Waals surface area contributed by atoms with Crippen molar-refractivity contribution in [3.8, 4) is 11.5 Å². The van der Waals surface area contributed by atoms with Crippen LogP contribution in [-0.2, 0) is 16.0 Å². The maximum absolute atomic E-state index is 12.0. The van der Waals surface area contributed by atoms with Gasteiger partial charge in [-0.1, -0.05) is 24.6 Å². The first-order valence-electron chi connectivity index (χ1n) is 7.70. The van der Waals surface area contributed by atoms with Gasteiger partial charge in [-0.05, 0) is 53.9 Å². The van der Waals surface area contributed by atoms with Crippen LogP contribution in [0.5, 0.6) is 11.5 Å². The molecule has 118 valence electrons. The highest BCUT2D eigenvalue weighted by Gasteiger charge is 2.35. The van der Waals surface area contributed by atoms with Crippen LogP contribution in [0.2, 0.25) is 5.02 Å². The van der Waals surface area contributed by atoms with Gasteiger partial charge in [0.2, 0.25) is 0 Å². The number of rotatable bonds is 4. The predicted octanol–water partition coefficient (Wildman–Crippen LogP) is 4.71. The fraction of sp³-hybridized carbons (Fsp3) is 0.263. The average molecular weight is 329 g/mol. The molecule has 3 nitrogen and oxygen atoms in total. The van der Waals surface area contributed by atoms with Gasteiger partial charge in [-0.2, -0.15) is 0 Å². The molecule has 1 aliphatic rings.